The summed E-state index contributed by atoms with van der Waals surface area (Å²) in [7, 11) is 0. The summed E-state index contributed by atoms with van der Waals surface area (Å²) in [4.78, 5) is 12.1. The molecule has 4 nitrogen and oxygen atoms in total. The van der Waals surface area contributed by atoms with Crippen molar-refractivity contribution in [3.8, 4) is 17.2 Å². The molecule has 0 fully saturated rings. The van der Waals surface area contributed by atoms with Crippen molar-refractivity contribution in [2.24, 2.45) is 0 Å². The van der Waals surface area contributed by atoms with Crippen LogP contribution in [0.5, 0.6) is 17.2 Å². The van der Waals surface area contributed by atoms with Crippen molar-refractivity contribution in [2.75, 3.05) is 13.2 Å². The zero-order chi connectivity index (χ0) is 19.8. The van der Waals surface area contributed by atoms with E-state index in [0.717, 1.165) is 33.8 Å². The fourth-order valence-corrected chi connectivity index (χ4v) is 3.11. The van der Waals surface area contributed by atoms with Gasteiger partial charge in [-0.2, -0.15) is 0 Å². The first-order valence-electron chi connectivity index (χ1n) is 9.40. The maximum absolute atomic E-state index is 12.1. The molecule has 0 aliphatic carbocycles. The highest BCUT2D eigenvalue weighted by molar-refractivity contribution is 9.10. The molecule has 0 aliphatic rings. The number of ether oxygens (including phenoxy) is 3. The summed E-state index contributed by atoms with van der Waals surface area (Å²) >= 11 is 3.45. The average Bonchev–Trinajstić information content (AvgIpc) is 2.71. The normalized spacial score (nSPS) is 10.6. The summed E-state index contributed by atoms with van der Waals surface area (Å²) in [6.07, 6.45) is 3.38. The third kappa shape index (κ3) is 5.99. The third-order valence-corrected chi connectivity index (χ3v) is 4.70. The Labute approximate surface area is 173 Å². The highest BCUT2D eigenvalue weighted by atomic mass is 79.9. The molecule has 0 N–H and O–H groups in total. The van der Waals surface area contributed by atoms with Crippen molar-refractivity contribution in [2.45, 2.75) is 26.2 Å². The van der Waals surface area contributed by atoms with Crippen molar-refractivity contribution in [3.05, 3.63) is 65.1 Å². The van der Waals surface area contributed by atoms with Gasteiger partial charge in [0, 0.05) is 4.47 Å². The number of carbonyl (C=O) groups excluding carboxylic acids is 1. The Morgan fingerprint density at radius 2 is 1.46 bits per heavy atom. The molecule has 3 aromatic carbocycles. The molecule has 0 saturated heterocycles. The maximum atomic E-state index is 12.1. The fourth-order valence-electron chi connectivity index (χ4n) is 2.74. The van der Waals surface area contributed by atoms with Gasteiger partial charge in [0.2, 0.25) is 0 Å². The van der Waals surface area contributed by atoms with Gasteiger partial charge in [0.1, 0.15) is 17.2 Å². The van der Waals surface area contributed by atoms with Crippen molar-refractivity contribution in [1.82, 2.24) is 0 Å². The van der Waals surface area contributed by atoms with E-state index in [2.05, 4.69) is 22.9 Å². The SMILES string of the molecule is CCCCCOc1ccc(OCC(=O)Oc2ccc3cc(Br)ccc3c2)cc1. The lowest BCUT2D eigenvalue weighted by Gasteiger charge is -2.09. The molecular formula is C23H23BrO4. The summed E-state index contributed by atoms with van der Waals surface area (Å²) in [5, 5.41) is 2.08. The smallest absolute Gasteiger partial charge is 0.349 e. The van der Waals surface area contributed by atoms with E-state index in [-0.39, 0.29) is 6.61 Å². The number of hydrogen-bond acceptors (Lipinski definition) is 4. The first-order valence-corrected chi connectivity index (χ1v) is 10.2. The van der Waals surface area contributed by atoms with Crippen LogP contribution in [0, 0.1) is 0 Å². The van der Waals surface area contributed by atoms with Crippen molar-refractivity contribution in [1.29, 1.82) is 0 Å². The minimum Gasteiger partial charge on any atom is -0.494 e. The van der Waals surface area contributed by atoms with E-state index in [0.29, 0.717) is 18.1 Å². The Balaban J connectivity index is 1.48. The van der Waals surface area contributed by atoms with E-state index < -0.39 is 5.97 Å². The number of fused-ring (bicyclic) bond motifs is 1. The lowest BCUT2D eigenvalue weighted by molar-refractivity contribution is -0.136. The highest BCUT2D eigenvalue weighted by Gasteiger charge is 2.07. The summed E-state index contributed by atoms with van der Waals surface area (Å²) in [5.41, 5.74) is 0. The fraction of sp³-hybridized carbons (Fsp3) is 0.261. The zero-order valence-corrected chi connectivity index (χ0v) is 17.4. The van der Waals surface area contributed by atoms with Crippen molar-refractivity contribution < 1.29 is 19.0 Å². The molecule has 0 atom stereocenters. The molecule has 0 spiro atoms. The molecule has 0 bridgehead atoms. The van der Waals surface area contributed by atoms with Crippen LogP contribution in [0.1, 0.15) is 26.2 Å². The van der Waals surface area contributed by atoms with E-state index in [1.165, 1.54) is 6.42 Å². The van der Waals surface area contributed by atoms with E-state index in [1.807, 2.05) is 42.5 Å². The van der Waals surface area contributed by atoms with Gasteiger partial charge in [-0.1, -0.05) is 47.8 Å². The van der Waals surface area contributed by atoms with Gasteiger partial charge in [-0.05, 0) is 65.7 Å². The van der Waals surface area contributed by atoms with Crippen LogP contribution in [0.3, 0.4) is 0 Å². The quantitative estimate of drug-likeness (QED) is 0.226. The number of unbranched alkanes of at least 4 members (excludes halogenated alkanes) is 2. The second kappa shape index (κ2) is 10.1. The molecule has 0 aromatic heterocycles. The lowest BCUT2D eigenvalue weighted by Crippen LogP contribution is -2.17. The summed E-state index contributed by atoms with van der Waals surface area (Å²) in [5.74, 6) is 1.45. The number of hydrogen-bond donors (Lipinski definition) is 0. The summed E-state index contributed by atoms with van der Waals surface area (Å²) in [6.45, 7) is 2.72. The molecule has 3 rings (SSSR count). The monoisotopic (exact) mass is 442 g/mol. The molecule has 3 aromatic rings. The van der Waals surface area contributed by atoms with E-state index in [9.17, 15) is 4.79 Å². The Bertz CT molecular complexity index is 922. The minimum atomic E-state index is -0.448. The van der Waals surface area contributed by atoms with E-state index in [4.69, 9.17) is 14.2 Å². The molecule has 0 aliphatic heterocycles. The predicted octanol–water partition coefficient (Wildman–Crippen LogP) is 6.16. The van der Waals surface area contributed by atoms with Gasteiger partial charge in [-0.3, -0.25) is 0 Å². The van der Waals surface area contributed by atoms with Gasteiger partial charge in [-0.15, -0.1) is 0 Å². The number of esters is 1. The van der Waals surface area contributed by atoms with Crippen LogP contribution in [0.2, 0.25) is 0 Å². The predicted molar refractivity (Wildman–Crippen MR) is 114 cm³/mol. The average molecular weight is 443 g/mol. The van der Waals surface area contributed by atoms with Crippen LogP contribution >= 0.6 is 15.9 Å². The second-order valence-electron chi connectivity index (χ2n) is 6.44. The maximum Gasteiger partial charge on any atom is 0.349 e. The molecule has 28 heavy (non-hydrogen) atoms. The molecule has 0 unspecified atom stereocenters. The molecule has 0 amide bonds. The first-order chi connectivity index (χ1) is 13.6. The Morgan fingerprint density at radius 1 is 0.821 bits per heavy atom. The van der Waals surface area contributed by atoms with E-state index >= 15 is 0 Å². The Kier molecular flexibility index (Phi) is 7.31. The third-order valence-electron chi connectivity index (χ3n) is 4.20. The number of rotatable bonds is 9. The largest absolute Gasteiger partial charge is 0.494 e. The van der Waals surface area contributed by atoms with Gasteiger partial charge in [0.15, 0.2) is 6.61 Å². The van der Waals surface area contributed by atoms with E-state index in [1.54, 1.807) is 18.2 Å². The van der Waals surface area contributed by atoms with Crippen molar-refractivity contribution in [3.63, 3.8) is 0 Å². The van der Waals surface area contributed by atoms with Gasteiger partial charge in [0.05, 0.1) is 6.61 Å². The van der Waals surface area contributed by atoms with Crippen LogP contribution in [0.25, 0.3) is 10.8 Å². The second-order valence-corrected chi connectivity index (χ2v) is 7.36. The van der Waals surface area contributed by atoms with Crippen LogP contribution in [0.15, 0.2) is 65.1 Å². The van der Waals surface area contributed by atoms with Crippen molar-refractivity contribution >= 4 is 32.7 Å². The molecule has 0 heterocycles. The lowest BCUT2D eigenvalue weighted by atomic mass is 10.1. The van der Waals surface area contributed by atoms with Gasteiger partial charge >= 0.3 is 5.97 Å². The molecule has 5 heteroatoms. The topological polar surface area (TPSA) is 44.8 Å². The van der Waals surface area contributed by atoms with Crippen LogP contribution in [0.4, 0.5) is 0 Å². The van der Waals surface area contributed by atoms with Crippen LogP contribution in [-0.2, 0) is 4.79 Å². The number of benzene rings is 3. The molecule has 0 saturated carbocycles. The highest BCUT2D eigenvalue weighted by Crippen LogP contribution is 2.24. The van der Waals surface area contributed by atoms with Gasteiger partial charge in [-0.25, -0.2) is 4.79 Å². The van der Waals surface area contributed by atoms with Gasteiger partial charge in [0.25, 0.3) is 0 Å². The number of carbonyl (C=O) groups is 1. The standard InChI is InChI=1S/C23H23BrO4/c1-2-3-4-13-26-20-9-11-21(12-10-20)27-16-23(25)28-22-8-6-17-14-19(24)7-5-18(17)15-22/h5-12,14-15H,2-4,13,16H2,1H3. The number of halogens is 1. The molecular weight excluding hydrogens is 420 g/mol. The summed E-state index contributed by atoms with van der Waals surface area (Å²) < 4.78 is 17.5. The Morgan fingerprint density at radius 3 is 2.21 bits per heavy atom. The summed E-state index contributed by atoms with van der Waals surface area (Å²) in [6, 6.07) is 18.7. The first kappa shape index (κ1) is 20.2. The minimum absolute atomic E-state index is 0.158. The van der Waals surface area contributed by atoms with Crippen LogP contribution in [-0.4, -0.2) is 19.2 Å². The Hall–Kier alpha value is -2.53. The zero-order valence-electron chi connectivity index (χ0n) is 15.8. The molecule has 146 valence electrons. The van der Waals surface area contributed by atoms with Crippen LogP contribution < -0.4 is 14.2 Å². The molecule has 0 radical (unpaired) electrons. The van der Waals surface area contributed by atoms with Gasteiger partial charge < -0.3 is 14.2 Å².